The van der Waals surface area contributed by atoms with Crippen molar-refractivity contribution in [3.8, 4) is 5.75 Å². The molecule has 0 radical (unpaired) electrons. The van der Waals surface area contributed by atoms with E-state index in [-0.39, 0.29) is 5.69 Å². The van der Waals surface area contributed by atoms with E-state index >= 15 is 0 Å². The fourth-order valence-corrected chi connectivity index (χ4v) is 4.83. The number of aryl methyl sites for hydroxylation is 1. The van der Waals surface area contributed by atoms with E-state index < -0.39 is 5.97 Å². The van der Waals surface area contributed by atoms with Gasteiger partial charge in [-0.15, -0.1) is 0 Å². The zero-order valence-corrected chi connectivity index (χ0v) is 20.5. The average Bonchev–Trinajstić information content (AvgIpc) is 3.27. The van der Waals surface area contributed by atoms with Crippen molar-refractivity contribution in [3.63, 3.8) is 0 Å². The van der Waals surface area contributed by atoms with E-state index in [0.29, 0.717) is 25.4 Å². The van der Waals surface area contributed by atoms with Gasteiger partial charge in [0.25, 0.3) is 0 Å². The third-order valence-electron chi connectivity index (χ3n) is 6.59. The van der Waals surface area contributed by atoms with Crippen LogP contribution in [0.15, 0.2) is 84.9 Å². The van der Waals surface area contributed by atoms with Crippen LogP contribution in [0.3, 0.4) is 0 Å². The first-order chi connectivity index (χ1) is 17.5. The summed E-state index contributed by atoms with van der Waals surface area (Å²) >= 11 is 0. The monoisotopic (exact) mass is 478 g/mol. The molecule has 5 rings (SSSR count). The van der Waals surface area contributed by atoms with E-state index in [1.165, 1.54) is 5.56 Å². The van der Waals surface area contributed by atoms with Gasteiger partial charge in [-0.1, -0.05) is 80.6 Å². The minimum absolute atomic E-state index is 0.238. The van der Waals surface area contributed by atoms with Crippen LogP contribution in [0, 0.1) is 0 Å². The highest BCUT2D eigenvalue weighted by atomic mass is 16.5. The highest BCUT2D eigenvalue weighted by Crippen LogP contribution is 2.34. The number of aromatic carboxylic acids is 1. The Balaban J connectivity index is 1.38. The van der Waals surface area contributed by atoms with Gasteiger partial charge < -0.3 is 20.1 Å². The predicted octanol–water partition coefficient (Wildman–Crippen LogP) is 7.90. The number of ether oxygens (including phenoxy) is 1. The Morgan fingerprint density at radius 1 is 0.889 bits per heavy atom. The summed E-state index contributed by atoms with van der Waals surface area (Å²) in [7, 11) is 0. The number of hydrogen-bond donors (Lipinski definition) is 3. The van der Waals surface area contributed by atoms with E-state index in [4.69, 9.17) is 4.74 Å². The van der Waals surface area contributed by atoms with Crippen molar-refractivity contribution in [3.05, 3.63) is 102 Å². The number of rotatable bonds is 9. The minimum atomic E-state index is -0.954. The number of hydrogen-bond acceptors (Lipinski definition) is 3. The fraction of sp³-hybridized carbons (Fsp3) is 0.194. The van der Waals surface area contributed by atoms with E-state index in [9.17, 15) is 9.90 Å². The number of aromatic nitrogens is 1. The Bertz CT molecular complexity index is 1530. The number of carboxylic acids is 1. The third kappa shape index (κ3) is 4.65. The molecule has 0 bridgehead atoms. The molecule has 0 atom stereocenters. The summed E-state index contributed by atoms with van der Waals surface area (Å²) in [6.45, 7) is 4.83. The maximum Gasteiger partial charge on any atom is 0.352 e. The topological polar surface area (TPSA) is 74.3 Å². The molecule has 0 saturated carbocycles. The van der Waals surface area contributed by atoms with Crippen molar-refractivity contribution in [1.29, 1.82) is 0 Å². The molecule has 0 fully saturated rings. The van der Waals surface area contributed by atoms with Gasteiger partial charge in [0.15, 0.2) is 0 Å². The number of para-hydroxylation sites is 2. The second-order valence-electron chi connectivity index (χ2n) is 9.31. The Kier molecular flexibility index (Phi) is 6.63. The van der Waals surface area contributed by atoms with E-state index in [1.807, 2.05) is 54.6 Å². The molecular weight excluding hydrogens is 448 g/mol. The largest absolute Gasteiger partial charge is 0.493 e. The smallest absolute Gasteiger partial charge is 0.352 e. The molecule has 36 heavy (non-hydrogen) atoms. The van der Waals surface area contributed by atoms with Crippen molar-refractivity contribution >= 4 is 39.0 Å². The van der Waals surface area contributed by atoms with Crippen molar-refractivity contribution in [2.75, 3.05) is 11.9 Å². The fourth-order valence-electron chi connectivity index (χ4n) is 4.83. The van der Waals surface area contributed by atoms with Gasteiger partial charge in [0.2, 0.25) is 0 Å². The molecular formula is C31H30N2O3. The van der Waals surface area contributed by atoms with Crippen LogP contribution in [-0.2, 0) is 6.42 Å². The summed E-state index contributed by atoms with van der Waals surface area (Å²) in [6.07, 6.45) is 1.29. The highest BCUT2D eigenvalue weighted by Gasteiger charge is 2.19. The van der Waals surface area contributed by atoms with Crippen LogP contribution in [0.1, 0.15) is 47.8 Å². The van der Waals surface area contributed by atoms with E-state index in [2.05, 4.69) is 54.5 Å². The van der Waals surface area contributed by atoms with Gasteiger partial charge in [-0.3, -0.25) is 0 Å². The number of nitrogens with one attached hydrogen (secondary N) is 2. The normalized spacial score (nSPS) is 11.3. The molecule has 5 heteroatoms. The minimum Gasteiger partial charge on any atom is -0.493 e. The summed E-state index contributed by atoms with van der Waals surface area (Å²) in [4.78, 5) is 15.3. The molecule has 3 N–H and O–H groups in total. The van der Waals surface area contributed by atoms with Gasteiger partial charge in [0.05, 0.1) is 17.8 Å². The van der Waals surface area contributed by atoms with Crippen LogP contribution in [0.2, 0.25) is 0 Å². The van der Waals surface area contributed by atoms with Gasteiger partial charge in [0.1, 0.15) is 11.4 Å². The Morgan fingerprint density at radius 2 is 1.58 bits per heavy atom. The zero-order valence-electron chi connectivity index (χ0n) is 20.5. The Labute approximate surface area is 210 Å². The predicted molar refractivity (Wildman–Crippen MR) is 147 cm³/mol. The molecule has 182 valence electrons. The SMILES string of the molecule is CC(C)c1ccccc1Nc1cccc2c(CCCOc3cccc4ccccc34)c(C(=O)O)[nH]c12. The van der Waals surface area contributed by atoms with Crippen molar-refractivity contribution < 1.29 is 14.6 Å². The van der Waals surface area contributed by atoms with Gasteiger partial charge in [-0.2, -0.15) is 0 Å². The average molecular weight is 479 g/mol. The lowest BCUT2D eigenvalue weighted by Crippen LogP contribution is -2.04. The molecule has 0 aliphatic carbocycles. The lowest BCUT2D eigenvalue weighted by Gasteiger charge is -2.15. The summed E-state index contributed by atoms with van der Waals surface area (Å²) in [5.41, 5.74) is 4.95. The van der Waals surface area contributed by atoms with E-state index in [0.717, 1.165) is 44.4 Å². The van der Waals surface area contributed by atoms with Gasteiger partial charge in [0, 0.05) is 16.5 Å². The van der Waals surface area contributed by atoms with Gasteiger partial charge in [-0.05, 0) is 53.5 Å². The molecule has 0 aliphatic heterocycles. The van der Waals surface area contributed by atoms with E-state index in [1.54, 1.807) is 0 Å². The number of aromatic amines is 1. The number of H-pyrrole nitrogens is 1. The molecule has 0 amide bonds. The first kappa shape index (κ1) is 23.5. The molecule has 0 unspecified atom stereocenters. The second-order valence-corrected chi connectivity index (χ2v) is 9.31. The summed E-state index contributed by atoms with van der Waals surface area (Å²) in [6, 6.07) is 28.3. The van der Waals surface area contributed by atoms with Crippen molar-refractivity contribution in [1.82, 2.24) is 4.98 Å². The maximum atomic E-state index is 12.1. The standard InChI is InChI=1S/C31H30N2O3/c1-20(2)22-12-5-6-16-26(22)32-27-17-8-14-24-25(30(31(34)35)33-29(24)27)15-9-19-36-28-18-7-11-21-10-3-4-13-23(21)28/h3-8,10-14,16-18,20,32-33H,9,15,19H2,1-2H3,(H,34,35). The molecule has 4 aromatic carbocycles. The first-order valence-corrected chi connectivity index (χ1v) is 12.4. The van der Waals surface area contributed by atoms with Gasteiger partial charge in [-0.25, -0.2) is 4.79 Å². The molecule has 5 aromatic rings. The summed E-state index contributed by atoms with van der Waals surface area (Å²) < 4.78 is 6.10. The van der Waals surface area contributed by atoms with Crippen molar-refractivity contribution in [2.45, 2.75) is 32.6 Å². The van der Waals surface area contributed by atoms with Crippen LogP contribution in [0.5, 0.6) is 5.75 Å². The maximum absolute atomic E-state index is 12.1. The molecule has 1 aromatic heterocycles. The highest BCUT2D eigenvalue weighted by molar-refractivity contribution is 6.02. The van der Waals surface area contributed by atoms with Crippen LogP contribution in [0.4, 0.5) is 11.4 Å². The summed E-state index contributed by atoms with van der Waals surface area (Å²) in [5.74, 6) is 0.258. The number of carboxylic acid groups (broad SMARTS) is 1. The first-order valence-electron chi connectivity index (χ1n) is 12.4. The lowest BCUT2D eigenvalue weighted by atomic mass is 10.0. The number of fused-ring (bicyclic) bond motifs is 2. The third-order valence-corrected chi connectivity index (χ3v) is 6.59. The van der Waals surface area contributed by atoms with Gasteiger partial charge >= 0.3 is 5.97 Å². The lowest BCUT2D eigenvalue weighted by molar-refractivity contribution is 0.0690. The molecule has 0 aliphatic rings. The quantitative estimate of drug-likeness (QED) is 0.188. The van der Waals surface area contributed by atoms with Crippen LogP contribution >= 0.6 is 0 Å². The zero-order chi connectivity index (χ0) is 25.1. The number of anilines is 2. The Morgan fingerprint density at radius 3 is 2.42 bits per heavy atom. The molecule has 1 heterocycles. The number of benzene rings is 4. The van der Waals surface area contributed by atoms with Crippen molar-refractivity contribution in [2.24, 2.45) is 0 Å². The van der Waals surface area contributed by atoms with Crippen LogP contribution < -0.4 is 10.1 Å². The molecule has 5 nitrogen and oxygen atoms in total. The molecule has 0 saturated heterocycles. The second kappa shape index (κ2) is 10.2. The van der Waals surface area contributed by atoms with Crippen LogP contribution in [-0.4, -0.2) is 22.7 Å². The number of carbonyl (C=O) groups is 1. The Hall–Kier alpha value is -4.25. The molecule has 0 spiro atoms. The summed E-state index contributed by atoms with van der Waals surface area (Å²) in [5, 5.41) is 16.6. The van der Waals surface area contributed by atoms with Crippen LogP contribution in [0.25, 0.3) is 21.7 Å².